The summed E-state index contributed by atoms with van der Waals surface area (Å²) in [6.07, 6.45) is 4.50. The number of nitrogens with zero attached hydrogens (tertiary/aromatic N) is 1. The lowest BCUT2D eigenvalue weighted by molar-refractivity contribution is 0.0581. The molecule has 0 aromatic rings. The van der Waals surface area contributed by atoms with Crippen LogP contribution in [-0.4, -0.2) is 49.3 Å². The van der Waals surface area contributed by atoms with Crippen molar-refractivity contribution >= 4 is 0 Å². The molecular formula is C11H22N2O. The van der Waals surface area contributed by atoms with E-state index in [2.05, 4.69) is 16.8 Å². The maximum atomic E-state index is 8.96. The van der Waals surface area contributed by atoms with E-state index in [4.69, 9.17) is 5.11 Å². The Hall–Kier alpha value is -0.380. The van der Waals surface area contributed by atoms with Crippen molar-refractivity contribution in [2.24, 2.45) is 5.92 Å². The Bertz CT molecular complexity index is 173. The molecule has 2 N–H and O–H groups in total. The first-order valence-corrected chi connectivity index (χ1v) is 5.44. The number of aliphatic hydroxyl groups excluding tert-OH is 1. The monoisotopic (exact) mass is 198 g/mol. The molecule has 14 heavy (non-hydrogen) atoms. The second-order valence-electron chi connectivity index (χ2n) is 3.97. The van der Waals surface area contributed by atoms with E-state index in [0.717, 1.165) is 25.6 Å². The molecule has 1 rings (SSSR count). The van der Waals surface area contributed by atoms with Crippen LogP contribution in [0.15, 0.2) is 12.7 Å². The summed E-state index contributed by atoms with van der Waals surface area (Å²) in [5.41, 5.74) is 0. The highest BCUT2D eigenvalue weighted by Crippen LogP contribution is 2.31. The van der Waals surface area contributed by atoms with Crippen LogP contribution >= 0.6 is 0 Å². The van der Waals surface area contributed by atoms with Crippen LogP contribution in [0.2, 0.25) is 0 Å². The van der Waals surface area contributed by atoms with Gasteiger partial charge < -0.3 is 10.4 Å². The molecule has 1 fully saturated rings. The van der Waals surface area contributed by atoms with E-state index < -0.39 is 0 Å². The maximum Gasteiger partial charge on any atom is 0.0558 e. The van der Waals surface area contributed by atoms with Crippen LogP contribution < -0.4 is 5.32 Å². The van der Waals surface area contributed by atoms with Gasteiger partial charge in [0.05, 0.1) is 6.61 Å². The van der Waals surface area contributed by atoms with E-state index in [1.807, 2.05) is 13.1 Å². The van der Waals surface area contributed by atoms with Gasteiger partial charge in [0.25, 0.3) is 0 Å². The fourth-order valence-electron chi connectivity index (χ4n) is 2.22. The second kappa shape index (κ2) is 6.17. The molecule has 0 radical (unpaired) electrons. The lowest BCUT2D eigenvalue weighted by atomic mass is 9.78. The predicted molar refractivity (Wildman–Crippen MR) is 59.3 cm³/mol. The van der Waals surface area contributed by atoms with Gasteiger partial charge in [0.15, 0.2) is 0 Å². The Kier molecular flexibility index (Phi) is 5.15. The number of hydrogen-bond donors (Lipinski definition) is 2. The summed E-state index contributed by atoms with van der Waals surface area (Å²) >= 11 is 0. The van der Waals surface area contributed by atoms with Crippen molar-refractivity contribution in [2.45, 2.75) is 18.9 Å². The molecule has 0 spiro atoms. The van der Waals surface area contributed by atoms with Gasteiger partial charge in [-0.05, 0) is 32.4 Å². The third kappa shape index (κ3) is 2.80. The highest BCUT2D eigenvalue weighted by Gasteiger charge is 2.33. The Morgan fingerprint density at radius 3 is 2.79 bits per heavy atom. The molecule has 1 aliphatic carbocycles. The van der Waals surface area contributed by atoms with Gasteiger partial charge in [0, 0.05) is 19.1 Å². The van der Waals surface area contributed by atoms with E-state index in [-0.39, 0.29) is 6.61 Å². The van der Waals surface area contributed by atoms with E-state index in [0.29, 0.717) is 6.04 Å². The van der Waals surface area contributed by atoms with Crippen LogP contribution in [0, 0.1) is 5.92 Å². The minimum Gasteiger partial charge on any atom is -0.395 e. The van der Waals surface area contributed by atoms with Crippen molar-refractivity contribution in [1.29, 1.82) is 0 Å². The minimum atomic E-state index is 0.247. The van der Waals surface area contributed by atoms with E-state index in [9.17, 15) is 0 Å². The molecule has 0 saturated heterocycles. The third-order valence-corrected chi connectivity index (χ3v) is 3.06. The summed E-state index contributed by atoms with van der Waals surface area (Å²) in [5, 5.41) is 12.2. The summed E-state index contributed by atoms with van der Waals surface area (Å²) < 4.78 is 0. The summed E-state index contributed by atoms with van der Waals surface area (Å²) in [6, 6.07) is 0.646. The summed E-state index contributed by atoms with van der Waals surface area (Å²) in [4.78, 5) is 2.33. The normalized spacial score (nSPS) is 26.2. The first-order chi connectivity index (χ1) is 6.83. The first kappa shape index (κ1) is 11.7. The molecule has 0 aromatic heterocycles. The Balaban J connectivity index is 2.38. The van der Waals surface area contributed by atoms with Crippen LogP contribution in [0.25, 0.3) is 0 Å². The van der Waals surface area contributed by atoms with E-state index in [1.54, 1.807) is 0 Å². The van der Waals surface area contributed by atoms with Crippen molar-refractivity contribution in [3.8, 4) is 0 Å². The highest BCUT2D eigenvalue weighted by atomic mass is 16.3. The maximum absolute atomic E-state index is 8.96. The molecule has 0 aliphatic heterocycles. The van der Waals surface area contributed by atoms with Gasteiger partial charge in [-0.3, -0.25) is 4.90 Å². The van der Waals surface area contributed by atoms with Gasteiger partial charge in [0.1, 0.15) is 0 Å². The average Bonchev–Trinajstić information content (AvgIpc) is 2.13. The number of rotatable bonds is 7. The van der Waals surface area contributed by atoms with Crippen molar-refractivity contribution < 1.29 is 5.11 Å². The molecule has 0 bridgehead atoms. The van der Waals surface area contributed by atoms with Crippen LogP contribution in [-0.2, 0) is 0 Å². The molecule has 3 heteroatoms. The number of nitrogens with one attached hydrogen (secondary N) is 1. The topological polar surface area (TPSA) is 35.5 Å². The highest BCUT2D eigenvalue weighted by molar-refractivity contribution is 4.91. The van der Waals surface area contributed by atoms with Crippen LogP contribution in [0.5, 0.6) is 0 Å². The van der Waals surface area contributed by atoms with Gasteiger partial charge >= 0.3 is 0 Å². The molecule has 1 aliphatic rings. The molecule has 0 aromatic carbocycles. The zero-order valence-corrected chi connectivity index (χ0v) is 9.08. The zero-order valence-electron chi connectivity index (χ0n) is 9.08. The first-order valence-electron chi connectivity index (χ1n) is 5.44. The molecule has 2 atom stereocenters. The van der Waals surface area contributed by atoms with Crippen molar-refractivity contribution in [3.05, 3.63) is 12.7 Å². The molecule has 0 amide bonds. The number of hydrogen-bond acceptors (Lipinski definition) is 3. The van der Waals surface area contributed by atoms with Gasteiger partial charge in [-0.25, -0.2) is 0 Å². The van der Waals surface area contributed by atoms with Crippen LogP contribution in [0.3, 0.4) is 0 Å². The Morgan fingerprint density at radius 2 is 2.36 bits per heavy atom. The smallest absolute Gasteiger partial charge is 0.0558 e. The summed E-state index contributed by atoms with van der Waals surface area (Å²) in [6.45, 7) is 6.76. The zero-order chi connectivity index (χ0) is 10.4. The van der Waals surface area contributed by atoms with E-state index >= 15 is 0 Å². The summed E-state index contributed by atoms with van der Waals surface area (Å²) in [7, 11) is 2.00. The third-order valence-electron chi connectivity index (χ3n) is 3.06. The molecule has 1 saturated carbocycles. The van der Waals surface area contributed by atoms with Crippen molar-refractivity contribution in [2.75, 3.05) is 33.3 Å². The number of aliphatic hydroxyl groups is 1. The lowest BCUT2D eigenvalue weighted by Crippen LogP contribution is -2.51. The summed E-state index contributed by atoms with van der Waals surface area (Å²) in [5.74, 6) is 0.756. The van der Waals surface area contributed by atoms with Gasteiger partial charge in [-0.2, -0.15) is 0 Å². The minimum absolute atomic E-state index is 0.247. The average molecular weight is 198 g/mol. The van der Waals surface area contributed by atoms with Gasteiger partial charge in [0.2, 0.25) is 0 Å². The molecule has 2 unspecified atom stereocenters. The van der Waals surface area contributed by atoms with Gasteiger partial charge in [-0.1, -0.05) is 6.08 Å². The van der Waals surface area contributed by atoms with Gasteiger partial charge in [-0.15, -0.1) is 6.58 Å². The second-order valence-corrected chi connectivity index (χ2v) is 3.97. The Labute approximate surface area is 86.8 Å². The molecule has 82 valence electrons. The van der Waals surface area contributed by atoms with Crippen LogP contribution in [0.1, 0.15) is 12.8 Å². The lowest BCUT2D eigenvalue weighted by Gasteiger charge is -2.44. The largest absolute Gasteiger partial charge is 0.395 e. The fourth-order valence-corrected chi connectivity index (χ4v) is 2.22. The quantitative estimate of drug-likeness (QED) is 0.584. The fraction of sp³-hybridized carbons (Fsp3) is 0.818. The standard InChI is InChI=1S/C11H22N2O/c1-3-6-13(7-8-14)11-5-4-10(11)9-12-2/h3,10-12,14H,1,4-9H2,2H3. The SMILES string of the molecule is C=CCN(CCO)C1CCC1CNC. The Morgan fingerprint density at radius 1 is 1.57 bits per heavy atom. The van der Waals surface area contributed by atoms with Crippen molar-refractivity contribution in [1.82, 2.24) is 10.2 Å². The van der Waals surface area contributed by atoms with Crippen molar-refractivity contribution in [3.63, 3.8) is 0 Å². The van der Waals surface area contributed by atoms with E-state index in [1.165, 1.54) is 12.8 Å². The predicted octanol–water partition coefficient (Wildman–Crippen LogP) is 0.465. The molecular weight excluding hydrogens is 176 g/mol. The van der Waals surface area contributed by atoms with Crippen LogP contribution in [0.4, 0.5) is 0 Å². The molecule has 0 heterocycles. The molecule has 3 nitrogen and oxygen atoms in total.